The van der Waals surface area contributed by atoms with Crippen LogP contribution < -0.4 is 0 Å². The number of hydrogen-bond donors (Lipinski definition) is 0. The molecule has 2 aliphatic heterocycles. The van der Waals surface area contributed by atoms with Crippen LogP contribution in [0.25, 0.3) is 33.4 Å². The maximum atomic E-state index is 13.2. The van der Waals surface area contributed by atoms with Crippen LogP contribution in [-0.4, -0.2) is 20.9 Å². The Hall–Kier alpha value is -3.22. The van der Waals surface area contributed by atoms with Gasteiger partial charge in [0.2, 0.25) is 0 Å². The van der Waals surface area contributed by atoms with E-state index in [0.29, 0.717) is 0 Å². The Balaban J connectivity index is 1.52. The first kappa shape index (κ1) is 19.5. The summed E-state index contributed by atoms with van der Waals surface area (Å²) in [5.41, 5.74) is 7.29. The van der Waals surface area contributed by atoms with Crippen molar-refractivity contribution in [3.8, 4) is 33.4 Å². The first-order chi connectivity index (χ1) is 15.3. The number of rotatable bonds is 1. The van der Waals surface area contributed by atoms with Gasteiger partial charge in [-0.2, -0.15) is 8.73 Å². The van der Waals surface area contributed by atoms with Crippen molar-refractivity contribution in [1.29, 1.82) is 0 Å². The average Bonchev–Trinajstić information content (AvgIpc) is 2.78. The molecule has 2 aliphatic rings. The molecule has 6 heteroatoms. The Bertz CT molecular complexity index is 1580. The first-order valence-corrected chi connectivity index (χ1v) is 14.1. The third-order valence-electron chi connectivity index (χ3n) is 6.04. The number of benzene rings is 4. The standard InChI is InChI=1S/C26H20N2O2S2/c1-31(29)25-9-5-3-7-21(25)19-13-11-17(15-23(19)27-31)18-12-14-20-22-8-4-6-10-26(22)32(2,30)28-24(20)16-18/h3-16H,1-2H3. The smallest absolute Gasteiger partial charge is 0.0818 e. The van der Waals surface area contributed by atoms with Gasteiger partial charge in [-0.25, -0.2) is 8.42 Å². The van der Waals surface area contributed by atoms with Gasteiger partial charge in [0.25, 0.3) is 0 Å². The highest BCUT2D eigenvalue weighted by molar-refractivity contribution is 7.93. The van der Waals surface area contributed by atoms with Crippen LogP contribution in [0.15, 0.2) is 103 Å². The minimum atomic E-state index is -2.50. The van der Waals surface area contributed by atoms with Crippen LogP contribution in [0.3, 0.4) is 0 Å². The zero-order valence-electron chi connectivity index (χ0n) is 17.6. The minimum absolute atomic E-state index is 0.730. The molecule has 32 heavy (non-hydrogen) atoms. The van der Waals surface area contributed by atoms with Gasteiger partial charge in [0.05, 0.1) is 40.6 Å². The third kappa shape index (κ3) is 2.87. The van der Waals surface area contributed by atoms with Gasteiger partial charge in [-0.05, 0) is 35.4 Å². The van der Waals surface area contributed by atoms with Crippen molar-refractivity contribution in [2.45, 2.75) is 9.79 Å². The maximum absolute atomic E-state index is 13.2. The average molecular weight is 457 g/mol. The van der Waals surface area contributed by atoms with Crippen molar-refractivity contribution in [2.75, 3.05) is 12.5 Å². The molecule has 0 saturated heterocycles. The third-order valence-corrected chi connectivity index (χ3v) is 9.48. The maximum Gasteiger partial charge on any atom is 0.0818 e. The Kier molecular flexibility index (Phi) is 4.04. The normalized spacial score (nSPS) is 22.4. The number of hydrogen-bond acceptors (Lipinski definition) is 4. The van der Waals surface area contributed by atoms with E-state index in [1.807, 2.05) is 72.8 Å². The van der Waals surface area contributed by atoms with Crippen molar-refractivity contribution < 1.29 is 8.42 Å². The lowest BCUT2D eigenvalue weighted by atomic mass is 9.95. The van der Waals surface area contributed by atoms with Crippen molar-refractivity contribution in [3.05, 3.63) is 84.9 Å². The molecule has 2 unspecified atom stereocenters. The van der Waals surface area contributed by atoms with Crippen molar-refractivity contribution in [1.82, 2.24) is 0 Å². The predicted octanol–water partition coefficient (Wildman–Crippen LogP) is 6.89. The van der Waals surface area contributed by atoms with E-state index in [-0.39, 0.29) is 0 Å². The highest BCUT2D eigenvalue weighted by Gasteiger charge is 2.23. The van der Waals surface area contributed by atoms with Gasteiger partial charge in [0.1, 0.15) is 0 Å². The fourth-order valence-electron chi connectivity index (χ4n) is 4.54. The van der Waals surface area contributed by atoms with Crippen LogP contribution in [0.4, 0.5) is 11.4 Å². The van der Waals surface area contributed by atoms with Crippen molar-refractivity contribution >= 4 is 30.8 Å². The van der Waals surface area contributed by atoms with Gasteiger partial charge in [0, 0.05) is 34.8 Å². The lowest BCUT2D eigenvalue weighted by Crippen LogP contribution is -2.04. The van der Waals surface area contributed by atoms with E-state index in [9.17, 15) is 8.42 Å². The Morgan fingerprint density at radius 2 is 0.938 bits per heavy atom. The Morgan fingerprint density at radius 3 is 1.38 bits per heavy atom. The molecule has 158 valence electrons. The van der Waals surface area contributed by atoms with Crippen LogP contribution in [0, 0.1) is 0 Å². The van der Waals surface area contributed by atoms with Crippen LogP contribution >= 0.6 is 0 Å². The molecule has 2 heterocycles. The summed E-state index contributed by atoms with van der Waals surface area (Å²) in [5.74, 6) is 0. The highest BCUT2D eigenvalue weighted by atomic mass is 32.2. The second-order valence-electron chi connectivity index (χ2n) is 8.24. The van der Waals surface area contributed by atoms with Gasteiger partial charge >= 0.3 is 0 Å². The molecule has 2 atom stereocenters. The molecule has 0 radical (unpaired) electrons. The molecule has 0 spiro atoms. The molecular formula is C26H20N2O2S2. The number of fused-ring (bicyclic) bond motifs is 6. The van der Waals surface area contributed by atoms with E-state index >= 15 is 0 Å². The molecule has 0 N–H and O–H groups in total. The molecular weight excluding hydrogens is 436 g/mol. The zero-order chi connectivity index (χ0) is 22.1. The summed E-state index contributed by atoms with van der Waals surface area (Å²) in [6.45, 7) is 0. The van der Waals surface area contributed by atoms with Crippen LogP contribution in [0.2, 0.25) is 0 Å². The fraction of sp³-hybridized carbons (Fsp3) is 0.0769. The Morgan fingerprint density at radius 1 is 0.531 bits per heavy atom. The molecule has 0 aromatic heterocycles. The van der Waals surface area contributed by atoms with Crippen LogP contribution in [0.5, 0.6) is 0 Å². The summed E-state index contributed by atoms with van der Waals surface area (Å²) in [4.78, 5) is 1.56. The van der Waals surface area contributed by atoms with E-state index in [1.165, 1.54) is 0 Å². The molecule has 0 fully saturated rings. The van der Waals surface area contributed by atoms with E-state index in [0.717, 1.165) is 54.5 Å². The highest BCUT2D eigenvalue weighted by Crippen LogP contribution is 2.45. The van der Waals surface area contributed by atoms with Gasteiger partial charge in [-0.1, -0.05) is 60.7 Å². The summed E-state index contributed by atoms with van der Waals surface area (Å²) in [5, 5.41) is 0. The van der Waals surface area contributed by atoms with Crippen LogP contribution in [0.1, 0.15) is 0 Å². The number of nitrogens with zero attached hydrogens (tertiary/aromatic N) is 2. The van der Waals surface area contributed by atoms with E-state index in [2.05, 4.69) is 20.9 Å². The molecule has 4 aromatic carbocycles. The van der Waals surface area contributed by atoms with E-state index < -0.39 is 19.5 Å². The minimum Gasteiger partial charge on any atom is -0.245 e. The largest absolute Gasteiger partial charge is 0.245 e. The monoisotopic (exact) mass is 456 g/mol. The lowest BCUT2D eigenvalue weighted by molar-refractivity contribution is 0.679. The Labute approximate surface area is 188 Å². The van der Waals surface area contributed by atoms with Crippen molar-refractivity contribution in [3.63, 3.8) is 0 Å². The van der Waals surface area contributed by atoms with Gasteiger partial charge in [-0.3, -0.25) is 0 Å². The molecule has 0 aliphatic carbocycles. The van der Waals surface area contributed by atoms with Gasteiger partial charge < -0.3 is 0 Å². The summed E-state index contributed by atoms with van der Waals surface area (Å²) < 4.78 is 35.6. The van der Waals surface area contributed by atoms with E-state index in [4.69, 9.17) is 0 Å². The first-order valence-electron chi connectivity index (χ1n) is 10.3. The van der Waals surface area contributed by atoms with Crippen LogP contribution in [-0.2, 0) is 19.5 Å². The SMILES string of the molecule is CS1(=O)=Nc2cc(-c3ccc4c(c3)N=S(C)(=O)c3ccccc3-4)ccc2-c2ccccc21. The molecule has 6 rings (SSSR count). The second-order valence-corrected chi connectivity index (χ2v) is 12.7. The molecule has 4 aromatic rings. The summed E-state index contributed by atoms with van der Waals surface area (Å²) >= 11 is 0. The topological polar surface area (TPSA) is 58.9 Å². The predicted molar refractivity (Wildman–Crippen MR) is 132 cm³/mol. The van der Waals surface area contributed by atoms with Gasteiger partial charge in [-0.15, -0.1) is 0 Å². The summed E-state index contributed by atoms with van der Waals surface area (Å²) in [7, 11) is -5.00. The quantitative estimate of drug-likeness (QED) is 0.313. The van der Waals surface area contributed by atoms with Gasteiger partial charge in [0.15, 0.2) is 0 Å². The molecule has 0 bridgehead atoms. The molecule has 0 saturated carbocycles. The lowest BCUT2D eigenvalue weighted by Gasteiger charge is -2.21. The summed E-state index contributed by atoms with van der Waals surface area (Å²) in [6.07, 6.45) is 3.38. The molecule has 0 amide bonds. The molecule has 4 nitrogen and oxygen atoms in total. The van der Waals surface area contributed by atoms with Crippen molar-refractivity contribution in [2.24, 2.45) is 8.73 Å². The zero-order valence-corrected chi connectivity index (χ0v) is 19.2. The summed E-state index contributed by atoms with van der Waals surface area (Å²) in [6, 6.07) is 27.6. The second kappa shape index (κ2) is 6.64. The fourth-order valence-corrected chi connectivity index (χ4v) is 7.63. The van der Waals surface area contributed by atoms with E-state index in [1.54, 1.807) is 12.5 Å².